The highest BCUT2D eigenvalue weighted by Crippen LogP contribution is 2.03. The lowest BCUT2D eigenvalue weighted by molar-refractivity contribution is 0.279. The maximum atomic E-state index is 4.13. The second kappa shape index (κ2) is 7.36. The SMILES string of the molecule is CCCC(CN(C)Cc1cccnc1)NC. The van der Waals surface area contributed by atoms with Gasteiger partial charge in [0.1, 0.15) is 0 Å². The van der Waals surface area contributed by atoms with Gasteiger partial charge in [0.15, 0.2) is 0 Å². The molecule has 0 radical (unpaired) electrons. The molecule has 16 heavy (non-hydrogen) atoms. The van der Waals surface area contributed by atoms with Gasteiger partial charge in [-0.1, -0.05) is 19.4 Å². The molecule has 0 aliphatic carbocycles. The van der Waals surface area contributed by atoms with Crippen molar-refractivity contribution in [3.05, 3.63) is 30.1 Å². The fourth-order valence-electron chi connectivity index (χ4n) is 1.92. The van der Waals surface area contributed by atoms with E-state index in [-0.39, 0.29) is 0 Å². The lowest BCUT2D eigenvalue weighted by Crippen LogP contribution is -2.37. The lowest BCUT2D eigenvalue weighted by atomic mass is 10.1. The van der Waals surface area contributed by atoms with Crippen molar-refractivity contribution in [1.82, 2.24) is 15.2 Å². The monoisotopic (exact) mass is 221 g/mol. The van der Waals surface area contributed by atoms with E-state index in [0.29, 0.717) is 6.04 Å². The molecule has 0 saturated carbocycles. The van der Waals surface area contributed by atoms with Crippen molar-refractivity contribution >= 4 is 0 Å². The zero-order valence-electron chi connectivity index (χ0n) is 10.6. The largest absolute Gasteiger partial charge is 0.316 e. The molecule has 90 valence electrons. The summed E-state index contributed by atoms with van der Waals surface area (Å²) in [7, 11) is 4.20. The Kier molecular flexibility index (Phi) is 6.04. The van der Waals surface area contributed by atoms with Crippen LogP contribution in [0.2, 0.25) is 0 Å². The minimum atomic E-state index is 0.590. The highest BCUT2D eigenvalue weighted by atomic mass is 15.1. The van der Waals surface area contributed by atoms with Gasteiger partial charge in [-0.3, -0.25) is 4.98 Å². The maximum absolute atomic E-state index is 4.13. The number of nitrogens with one attached hydrogen (secondary N) is 1. The minimum absolute atomic E-state index is 0.590. The molecule has 0 aliphatic heterocycles. The van der Waals surface area contributed by atoms with Gasteiger partial charge in [-0.05, 0) is 32.1 Å². The zero-order chi connectivity index (χ0) is 11.8. The van der Waals surface area contributed by atoms with E-state index in [9.17, 15) is 0 Å². The van der Waals surface area contributed by atoms with E-state index in [1.807, 2.05) is 25.5 Å². The molecule has 1 unspecified atom stereocenters. The zero-order valence-corrected chi connectivity index (χ0v) is 10.6. The Morgan fingerprint density at radius 3 is 2.88 bits per heavy atom. The summed E-state index contributed by atoms with van der Waals surface area (Å²) < 4.78 is 0. The summed E-state index contributed by atoms with van der Waals surface area (Å²) in [6, 6.07) is 4.70. The van der Waals surface area contributed by atoms with Gasteiger partial charge in [0, 0.05) is 31.5 Å². The van der Waals surface area contributed by atoms with Gasteiger partial charge in [0.25, 0.3) is 0 Å². The number of hydrogen-bond donors (Lipinski definition) is 1. The van der Waals surface area contributed by atoms with Crippen molar-refractivity contribution in [2.75, 3.05) is 20.6 Å². The second-order valence-corrected chi connectivity index (χ2v) is 4.33. The molecule has 1 atom stereocenters. The Labute approximate surface area is 98.9 Å². The molecule has 0 fully saturated rings. The fraction of sp³-hybridized carbons (Fsp3) is 0.615. The summed E-state index contributed by atoms with van der Waals surface area (Å²) in [6.07, 6.45) is 6.21. The predicted octanol–water partition coefficient (Wildman–Crippen LogP) is 1.90. The fourth-order valence-corrected chi connectivity index (χ4v) is 1.92. The van der Waals surface area contributed by atoms with Crippen LogP contribution in [0.4, 0.5) is 0 Å². The van der Waals surface area contributed by atoms with Crippen LogP contribution < -0.4 is 5.32 Å². The first-order valence-electron chi connectivity index (χ1n) is 6.01. The third-order valence-corrected chi connectivity index (χ3v) is 2.75. The van der Waals surface area contributed by atoms with E-state index in [0.717, 1.165) is 13.1 Å². The lowest BCUT2D eigenvalue weighted by Gasteiger charge is -2.23. The summed E-state index contributed by atoms with van der Waals surface area (Å²) in [6.45, 7) is 4.28. The van der Waals surface area contributed by atoms with E-state index in [1.165, 1.54) is 18.4 Å². The van der Waals surface area contributed by atoms with E-state index < -0.39 is 0 Å². The van der Waals surface area contributed by atoms with Gasteiger partial charge in [-0.15, -0.1) is 0 Å². The summed E-state index contributed by atoms with van der Waals surface area (Å²) in [5, 5.41) is 3.36. The first-order chi connectivity index (χ1) is 7.76. The van der Waals surface area contributed by atoms with Gasteiger partial charge in [0.2, 0.25) is 0 Å². The third-order valence-electron chi connectivity index (χ3n) is 2.75. The van der Waals surface area contributed by atoms with Crippen molar-refractivity contribution in [1.29, 1.82) is 0 Å². The van der Waals surface area contributed by atoms with Gasteiger partial charge >= 0.3 is 0 Å². The van der Waals surface area contributed by atoms with Crippen LogP contribution in [0.1, 0.15) is 25.3 Å². The van der Waals surface area contributed by atoms with Crippen LogP contribution in [0.25, 0.3) is 0 Å². The van der Waals surface area contributed by atoms with E-state index in [2.05, 4.69) is 35.2 Å². The van der Waals surface area contributed by atoms with Crippen LogP contribution in [0, 0.1) is 0 Å². The Balaban J connectivity index is 2.37. The Morgan fingerprint density at radius 1 is 1.50 bits per heavy atom. The van der Waals surface area contributed by atoms with E-state index in [4.69, 9.17) is 0 Å². The highest BCUT2D eigenvalue weighted by molar-refractivity contribution is 5.07. The Hall–Kier alpha value is -0.930. The molecule has 3 nitrogen and oxygen atoms in total. The summed E-state index contributed by atoms with van der Waals surface area (Å²) in [4.78, 5) is 6.47. The van der Waals surface area contributed by atoms with Gasteiger partial charge in [0.05, 0.1) is 0 Å². The first-order valence-corrected chi connectivity index (χ1v) is 6.01. The smallest absolute Gasteiger partial charge is 0.0312 e. The molecule has 0 bridgehead atoms. The van der Waals surface area contributed by atoms with Gasteiger partial charge in [-0.25, -0.2) is 0 Å². The predicted molar refractivity (Wildman–Crippen MR) is 68.3 cm³/mol. The molecule has 1 rings (SSSR count). The third kappa shape index (κ3) is 4.73. The van der Waals surface area contributed by atoms with Gasteiger partial charge in [-0.2, -0.15) is 0 Å². The number of aromatic nitrogens is 1. The maximum Gasteiger partial charge on any atom is 0.0312 e. The van der Waals surface area contributed by atoms with Crippen molar-refractivity contribution in [3.8, 4) is 0 Å². The number of hydrogen-bond acceptors (Lipinski definition) is 3. The molecule has 1 aromatic heterocycles. The summed E-state index contributed by atoms with van der Waals surface area (Å²) in [5.74, 6) is 0. The van der Waals surface area contributed by atoms with E-state index in [1.54, 1.807) is 0 Å². The van der Waals surface area contributed by atoms with Crippen molar-refractivity contribution in [3.63, 3.8) is 0 Å². The van der Waals surface area contributed by atoms with E-state index >= 15 is 0 Å². The molecule has 1 N–H and O–H groups in total. The standard InChI is InChI=1S/C13H23N3/c1-4-6-13(14-2)11-16(3)10-12-7-5-8-15-9-12/h5,7-9,13-14H,4,6,10-11H2,1-3H3. The summed E-state index contributed by atoms with van der Waals surface area (Å²) >= 11 is 0. The number of nitrogens with zero attached hydrogens (tertiary/aromatic N) is 2. The summed E-state index contributed by atoms with van der Waals surface area (Å²) in [5.41, 5.74) is 1.27. The molecule has 0 saturated heterocycles. The molecule has 0 aromatic carbocycles. The van der Waals surface area contributed by atoms with Crippen LogP contribution in [0.3, 0.4) is 0 Å². The Bertz CT molecular complexity index is 274. The average Bonchev–Trinajstić information content (AvgIpc) is 2.29. The molecule has 3 heteroatoms. The van der Waals surface area contributed by atoms with Crippen LogP contribution in [-0.4, -0.2) is 36.6 Å². The molecule has 1 heterocycles. The Morgan fingerprint density at radius 2 is 2.31 bits per heavy atom. The molecule has 0 amide bonds. The highest BCUT2D eigenvalue weighted by Gasteiger charge is 2.08. The van der Waals surface area contributed by atoms with Crippen LogP contribution in [0.15, 0.2) is 24.5 Å². The molecule has 0 aliphatic rings. The van der Waals surface area contributed by atoms with Gasteiger partial charge < -0.3 is 10.2 Å². The minimum Gasteiger partial charge on any atom is -0.316 e. The number of rotatable bonds is 7. The topological polar surface area (TPSA) is 28.2 Å². The van der Waals surface area contributed by atoms with Crippen molar-refractivity contribution < 1.29 is 0 Å². The van der Waals surface area contributed by atoms with Crippen LogP contribution in [0.5, 0.6) is 0 Å². The molecular formula is C13H23N3. The number of likely N-dealkylation sites (N-methyl/N-ethyl adjacent to an activating group) is 2. The molecular weight excluding hydrogens is 198 g/mol. The first kappa shape index (κ1) is 13.1. The van der Waals surface area contributed by atoms with Crippen molar-refractivity contribution in [2.24, 2.45) is 0 Å². The normalized spacial score (nSPS) is 13.0. The average molecular weight is 221 g/mol. The van der Waals surface area contributed by atoms with Crippen LogP contribution in [-0.2, 0) is 6.54 Å². The van der Waals surface area contributed by atoms with Crippen molar-refractivity contribution in [2.45, 2.75) is 32.4 Å². The van der Waals surface area contributed by atoms with Crippen LogP contribution >= 0.6 is 0 Å². The molecule has 1 aromatic rings. The second-order valence-electron chi connectivity index (χ2n) is 4.33. The molecule has 0 spiro atoms. The quantitative estimate of drug-likeness (QED) is 0.762. The number of pyridine rings is 1.